The second-order valence-corrected chi connectivity index (χ2v) is 11.1. The first-order chi connectivity index (χ1) is 17.7. The summed E-state index contributed by atoms with van der Waals surface area (Å²) in [6.07, 6.45) is -2.10. The molecule has 0 unspecified atom stereocenters. The van der Waals surface area contributed by atoms with E-state index in [9.17, 15) is 31.2 Å². The lowest BCUT2D eigenvalue weighted by Gasteiger charge is -2.19. The Balaban J connectivity index is 1.83. The average molecular weight is 550 g/mol. The molecule has 1 aromatic heterocycles. The van der Waals surface area contributed by atoms with Gasteiger partial charge in [-0.1, -0.05) is 36.4 Å². The molecule has 7 nitrogen and oxygen atoms in total. The Kier molecular flexibility index (Phi) is 9.03. The van der Waals surface area contributed by atoms with Crippen LogP contribution in [0.5, 0.6) is 0 Å². The third-order valence-electron chi connectivity index (χ3n) is 5.79. The predicted molar refractivity (Wildman–Crippen MR) is 139 cm³/mol. The lowest BCUT2D eigenvalue weighted by atomic mass is 10.1. The van der Waals surface area contributed by atoms with Crippen LogP contribution in [0, 0.1) is 0 Å². The van der Waals surface area contributed by atoms with Gasteiger partial charge in [-0.05, 0) is 68.5 Å². The van der Waals surface area contributed by atoms with Crippen LogP contribution in [-0.2, 0) is 40.3 Å². The Hall–Kier alpha value is -3.60. The molecule has 3 aromatic rings. The number of anilines is 1. The number of rotatable bonds is 10. The van der Waals surface area contributed by atoms with Gasteiger partial charge in [-0.2, -0.15) is 13.2 Å². The molecule has 0 aliphatic carbocycles. The van der Waals surface area contributed by atoms with Crippen molar-refractivity contribution >= 4 is 27.5 Å². The van der Waals surface area contributed by atoms with Gasteiger partial charge in [-0.25, -0.2) is 8.42 Å². The molecule has 2 amide bonds. The van der Waals surface area contributed by atoms with Crippen LogP contribution in [0.25, 0.3) is 0 Å². The van der Waals surface area contributed by atoms with Gasteiger partial charge in [0.05, 0.1) is 23.9 Å². The van der Waals surface area contributed by atoms with Crippen molar-refractivity contribution in [3.8, 4) is 0 Å². The molecule has 0 aliphatic rings. The molecule has 11 heteroatoms. The second kappa shape index (κ2) is 11.8. The van der Waals surface area contributed by atoms with Crippen LogP contribution in [0.15, 0.2) is 60.7 Å². The number of amides is 2. The molecular weight excluding hydrogens is 519 g/mol. The lowest BCUT2D eigenvalue weighted by molar-refractivity contribution is -0.136. The number of aromatic nitrogens is 1. The maximum Gasteiger partial charge on any atom is 0.418 e. The Morgan fingerprint density at radius 3 is 2.24 bits per heavy atom. The number of halogens is 3. The molecule has 0 fully saturated rings. The zero-order chi connectivity index (χ0) is 28.1. The fourth-order valence-electron chi connectivity index (χ4n) is 4.27. The molecule has 0 radical (unpaired) electrons. The van der Waals surface area contributed by atoms with Crippen molar-refractivity contribution in [3.05, 3.63) is 88.7 Å². The van der Waals surface area contributed by atoms with Gasteiger partial charge in [0.25, 0.3) is 5.91 Å². The van der Waals surface area contributed by atoms with E-state index in [1.165, 1.54) is 5.56 Å². The van der Waals surface area contributed by atoms with Gasteiger partial charge >= 0.3 is 6.18 Å². The van der Waals surface area contributed by atoms with Crippen LogP contribution in [0.3, 0.4) is 0 Å². The highest BCUT2D eigenvalue weighted by atomic mass is 32.2. The first-order valence-electron chi connectivity index (χ1n) is 12.0. The van der Waals surface area contributed by atoms with Crippen molar-refractivity contribution in [1.82, 2.24) is 9.29 Å². The van der Waals surface area contributed by atoms with Crippen LogP contribution in [0.4, 0.5) is 18.9 Å². The molecule has 3 rings (SSSR count). The van der Waals surface area contributed by atoms with Gasteiger partial charge < -0.3 is 9.88 Å². The summed E-state index contributed by atoms with van der Waals surface area (Å²) in [5.41, 5.74) is 0.803. The number of nitrogens with one attached hydrogen (secondary N) is 2. The topological polar surface area (TPSA) is 97.3 Å². The molecule has 204 valence electrons. The number of sulfonamides is 1. The molecule has 0 aliphatic heterocycles. The minimum atomic E-state index is -4.77. The van der Waals surface area contributed by atoms with Gasteiger partial charge in [-0.3, -0.25) is 14.3 Å². The standard InChI is InChI=1S/C27H30F3N3O4S/c1-18(2)33-21(11-7-10-19-8-5-4-6-9-19)13-15-24(33)26(35)31-23-16-20(12-14-22(23)27(28,29)30)17-25(34)32-38(3,36)37/h4-6,8-9,12-16,18H,7,10-11,17H2,1-3H3,(H,31,35)(H,32,34). The van der Waals surface area contributed by atoms with E-state index >= 15 is 0 Å². The number of alkyl halides is 3. The minimum absolute atomic E-state index is 0.107. The first-order valence-corrected chi connectivity index (χ1v) is 13.9. The van der Waals surface area contributed by atoms with E-state index in [1.54, 1.807) is 21.4 Å². The zero-order valence-electron chi connectivity index (χ0n) is 21.3. The molecule has 0 atom stereocenters. The van der Waals surface area contributed by atoms with E-state index in [2.05, 4.69) is 5.32 Å². The lowest BCUT2D eigenvalue weighted by Crippen LogP contribution is -2.30. The van der Waals surface area contributed by atoms with E-state index in [4.69, 9.17) is 0 Å². The van der Waals surface area contributed by atoms with Crippen LogP contribution in [-0.4, -0.2) is 31.1 Å². The van der Waals surface area contributed by atoms with Gasteiger partial charge in [0.2, 0.25) is 15.9 Å². The fraction of sp³-hybridized carbons (Fsp3) is 0.333. The predicted octanol–water partition coefficient (Wildman–Crippen LogP) is 5.13. The fourth-order valence-corrected chi connectivity index (χ4v) is 4.76. The van der Waals surface area contributed by atoms with Crippen molar-refractivity contribution in [2.24, 2.45) is 0 Å². The second-order valence-electron chi connectivity index (χ2n) is 9.32. The summed E-state index contributed by atoms with van der Waals surface area (Å²) < 4.78 is 67.2. The molecule has 0 bridgehead atoms. The molecule has 38 heavy (non-hydrogen) atoms. The van der Waals surface area contributed by atoms with Crippen molar-refractivity contribution < 1.29 is 31.2 Å². The molecule has 0 spiro atoms. The summed E-state index contributed by atoms with van der Waals surface area (Å²) in [7, 11) is -3.83. The number of aryl methyl sites for hydroxylation is 2. The summed E-state index contributed by atoms with van der Waals surface area (Å²) in [5, 5.41) is 2.36. The molecule has 0 saturated heterocycles. The number of benzene rings is 2. The summed E-state index contributed by atoms with van der Waals surface area (Å²) in [5.74, 6) is -1.63. The number of nitrogens with zero attached hydrogens (tertiary/aromatic N) is 1. The molecular formula is C27H30F3N3O4S. The number of hydrogen-bond donors (Lipinski definition) is 2. The third-order valence-corrected chi connectivity index (χ3v) is 6.39. The SMILES string of the molecule is CC(C)n1c(CCCc2ccccc2)ccc1C(=O)Nc1cc(CC(=O)NS(C)(=O)=O)ccc1C(F)(F)F. The Morgan fingerprint density at radius 1 is 0.947 bits per heavy atom. The van der Waals surface area contributed by atoms with Gasteiger partial charge in [0.15, 0.2) is 0 Å². The van der Waals surface area contributed by atoms with E-state index in [1.807, 2.05) is 44.2 Å². The number of carbonyl (C=O) groups excluding carboxylic acids is 2. The van der Waals surface area contributed by atoms with E-state index < -0.39 is 45.7 Å². The number of hydrogen-bond acceptors (Lipinski definition) is 4. The third kappa shape index (κ3) is 7.95. The van der Waals surface area contributed by atoms with Gasteiger partial charge in [-0.15, -0.1) is 0 Å². The Morgan fingerprint density at radius 2 is 1.63 bits per heavy atom. The summed E-state index contributed by atoms with van der Waals surface area (Å²) in [6, 6.07) is 16.1. The summed E-state index contributed by atoms with van der Waals surface area (Å²) in [6.45, 7) is 3.78. The monoisotopic (exact) mass is 549 g/mol. The van der Waals surface area contributed by atoms with Crippen molar-refractivity contribution in [2.75, 3.05) is 11.6 Å². The first kappa shape index (κ1) is 29.0. The van der Waals surface area contributed by atoms with E-state index in [0.29, 0.717) is 6.42 Å². The highest BCUT2D eigenvalue weighted by Crippen LogP contribution is 2.36. The van der Waals surface area contributed by atoms with Crippen LogP contribution >= 0.6 is 0 Å². The Bertz CT molecular complexity index is 1400. The average Bonchev–Trinajstić information content (AvgIpc) is 3.22. The normalized spacial score (nSPS) is 12.0. The zero-order valence-corrected chi connectivity index (χ0v) is 22.1. The van der Waals surface area contributed by atoms with Crippen LogP contribution < -0.4 is 10.0 Å². The highest BCUT2D eigenvalue weighted by Gasteiger charge is 2.34. The number of carbonyl (C=O) groups is 2. The van der Waals surface area contributed by atoms with Crippen molar-refractivity contribution in [2.45, 2.75) is 51.7 Å². The smallest absolute Gasteiger partial charge is 0.338 e. The maximum absolute atomic E-state index is 13.7. The van der Waals surface area contributed by atoms with Gasteiger partial charge in [0.1, 0.15) is 5.69 Å². The van der Waals surface area contributed by atoms with Gasteiger partial charge in [0, 0.05) is 11.7 Å². The van der Waals surface area contributed by atoms with Crippen LogP contribution in [0.2, 0.25) is 0 Å². The molecule has 2 aromatic carbocycles. The molecule has 1 heterocycles. The largest absolute Gasteiger partial charge is 0.418 e. The van der Waals surface area contributed by atoms with E-state index in [-0.39, 0.29) is 17.3 Å². The van der Waals surface area contributed by atoms with Crippen molar-refractivity contribution in [3.63, 3.8) is 0 Å². The van der Waals surface area contributed by atoms with Crippen molar-refractivity contribution in [1.29, 1.82) is 0 Å². The molecule has 2 N–H and O–H groups in total. The van der Waals surface area contributed by atoms with E-state index in [0.717, 1.165) is 43.0 Å². The maximum atomic E-state index is 13.7. The van der Waals surface area contributed by atoms with Crippen LogP contribution in [0.1, 0.15) is 59.2 Å². The highest BCUT2D eigenvalue weighted by molar-refractivity contribution is 7.89. The molecule has 0 saturated carbocycles. The quantitative estimate of drug-likeness (QED) is 0.366. The summed E-state index contributed by atoms with van der Waals surface area (Å²) >= 11 is 0. The minimum Gasteiger partial charge on any atom is -0.338 e. The Labute approximate surface area is 220 Å². The summed E-state index contributed by atoms with van der Waals surface area (Å²) in [4.78, 5) is 25.2.